The van der Waals surface area contributed by atoms with Crippen molar-refractivity contribution in [2.24, 2.45) is 5.73 Å². The number of hydrogen-bond donors (Lipinski definition) is 3. The number of nitrogens with two attached hydrogens (primary N) is 1. The van der Waals surface area contributed by atoms with Gasteiger partial charge in [0.15, 0.2) is 11.5 Å². The van der Waals surface area contributed by atoms with E-state index in [2.05, 4.69) is 48.6 Å². The SMILES string of the molecule is CN1CCN(Cc2ccc(C3=CNC(N)(c4ccnc(-c5cnn(CC(F)F)c5)n4)C=C3NC3CCC(F)CC3)nc2)CC1. The van der Waals surface area contributed by atoms with Crippen molar-refractivity contribution in [3.05, 3.63) is 77.9 Å². The van der Waals surface area contributed by atoms with Crippen LogP contribution in [0.2, 0.25) is 0 Å². The molecule has 3 aromatic rings. The Balaban J connectivity index is 1.25. The smallest absolute Gasteiger partial charge is 0.257 e. The highest BCUT2D eigenvalue weighted by Gasteiger charge is 2.33. The van der Waals surface area contributed by atoms with Gasteiger partial charge < -0.3 is 21.3 Å². The number of aromatic nitrogens is 5. The van der Waals surface area contributed by atoms with Gasteiger partial charge in [0.2, 0.25) is 0 Å². The first-order chi connectivity index (χ1) is 21.2. The van der Waals surface area contributed by atoms with E-state index in [1.165, 1.54) is 17.1 Å². The molecule has 6 rings (SSSR count). The van der Waals surface area contributed by atoms with Crippen molar-refractivity contribution in [2.45, 2.75) is 63.1 Å². The first-order valence-electron chi connectivity index (χ1n) is 15.2. The van der Waals surface area contributed by atoms with Gasteiger partial charge in [0.1, 0.15) is 12.7 Å². The van der Waals surface area contributed by atoms with Gasteiger partial charge in [-0.1, -0.05) is 6.07 Å². The molecule has 2 aliphatic heterocycles. The van der Waals surface area contributed by atoms with Crippen molar-refractivity contribution in [1.82, 2.24) is 45.2 Å². The van der Waals surface area contributed by atoms with Crippen molar-refractivity contribution in [2.75, 3.05) is 33.2 Å². The Morgan fingerprint density at radius 3 is 2.59 bits per heavy atom. The molecule has 1 atom stereocenters. The predicted molar refractivity (Wildman–Crippen MR) is 162 cm³/mol. The summed E-state index contributed by atoms with van der Waals surface area (Å²) in [5.74, 6) is 0.325. The first-order valence-corrected chi connectivity index (χ1v) is 15.2. The average Bonchev–Trinajstić information content (AvgIpc) is 3.48. The third kappa shape index (κ3) is 7.11. The number of likely N-dealkylation sites (N-methyl/N-ethyl adjacent to an activating group) is 1. The summed E-state index contributed by atoms with van der Waals surface area (Å²) in [6, 6.07) is 5.95. The van der Waals surface area contributed by atoms with Gasteiger partial charge in [-0.3, -0.25) is 14.6 Å². The molecule has 13 heteroatoms. The highest BCUT2D eigenvalue weighted by Crippen LogP contribution is 2.31. The zero-order valence-electron chi connectivity index (χ0n) is 24.8. The molecule has 0 spiro atoms. The number of hydrogen-bond acceptors (Lipinski definition) is 9. The van der Waals surface area contributed by atoms with Crippen LogP contribution in [0.5, 0.6) is 0 Å². The summed E-state index contributed by atoms with van der Waals surface area (Å²) < 4.78 is 40.8. The Kier molecular flexibility index (Phi) is 8.96. The van der Waals surface area contributed by atoms with E-state index in [0.717, 1.165) is 55.3 Å². The summed E-state index contributed by atoms with van der Waals surface area (Å²) >= 11 is 0. The van der Waals surface area contributed by atoms with E-state index < -0.39 is 24.8 Å². The van der Waals surface area contributed by atoms with E-state index in [1.807, 2.05) is 24.5 Å². The van der Waals surface area contributed by atoms with E-state index >= 15 is 0 Å². The van der Waals surface area contributed by atoms with E-state index in [1.54, 1.807) is 12.3 Å². The summed E-state index contributed by atoms with van der Waals surface area (Å²) in [7, 11) is 2.15. The molecule has 234 valence electrons. The van der Waals surface area contributed by atoms with Crippen LogP contribution in [-0.2, 0) is 18.8 Å². The van der Waals surface area contributed by atoms with Gasteiger partial charge in [-0.05, 0) is 56.5 Å². The van der Waals surface area contributed by atoms with Crippen molar-refractivity contribution >= 4 is 5.57 Å². The fourth-order valence-corrected chi connectivity index (χ4v) is 5.90. The highest BCUT2D eigenvalue weighted by molar-refractivity contribution is 5.78. The number of alkyl halides is 3. The largest absolute Gasteiger partial charge is 0.382 e. The number of rotatable bonds is 9. The van der Waals surface area contributed by atoms with Gasteiger partial charge in [-0.2, -0.15) is 5.10 Å². The number of nitrogens with one attached hydrogen (secondary N) is 2. The second kappa shape index (κ2) is 13.0. The van der Waals surface area contributed by atoms with Crippen LogP contribution in [0.1, 0.15) is 42.6 Å². The van der Waals surface area contributed by atoms with Gasteiger partial charge in [-0.25, -0.2) is 23.1 Å². The molecular formula is C31H39F3N10. The van der Waals surface area contributed by atoms with Gasteiger partial charge in [-0.15, -0.1) is 0 Å². The highest BCUT2D eigenvalue weighted by atomic mass is 19.3. The third-order valence-electron chi connectivity index (χ3n) is 8.53. The van der Waals surface area contributed by atoms with Crippen LogP contribution in [0.25, 0.3) is 17.0 Å². The van der Waals surface area contributed by atoms with Gasteiger partial charge >= 0.3 is 0 Å². The Morgan fingerprint density at radius 2 is 1.86 bits per heavy atom. The van der Waals surface area contributed by atoms with Gasteiger partial charge in [0.25, 0.3) is 6.43 Å². The lowest BCUT2D eigenvalue weighted by molar-refractivity contribution is 0.122. The predicted octanol–water partition coefficient (Wildman–Crippen LogP) is 3.26. The van der Waals surface area contributed by atoms with Crippen LogP contribution in [0.3, 0.4) is 0 Å². The van der Waals surface area contributed by atoms with Gasteiger partial charge in [0, 0.05) is 74.8 Å². The van der Waals surface area contributed by atoms with Crippen molar-refractivity contribution in [3.8, 4) is 11.4 Å². The number of dihydropyridines is 1. The molecule has 5 heterocycles. The molecule has 0 aromatic carbocycles. The second-order valence-corrected chi connectivity index (χ2v) is 12.0. The minimum atomic E-state index is -2.52. The molecular weight excluding hydrogens is 569 g/mol. The van der Waals surface area contributed by atoms with Crippen LogP contribution in [0.4, 0.5) is 13.2 Å². The van der Waals surface area contributed by atoms with Crippen LogP contribution in [0.15, 0.2) is 61.0 Å². The maximum absolute atomic E-state index is 13.9. The summed E-state index contributed by atoms with van der Waals surface area (Å²) in [5, 5.41) is 10.9. The number of pyridine rings is 1. The molecule has 0 amide bonds. The van der Waals surface area contributed by atoms with Crippen LogP contribution < -0.4 is 16.4 Å². The molecule has 3 aromatic heterocycles. The Labute approximate surface area is 255 Å². The molecule has 1 aliphatic carbocycles. The summed E-state index contributed by atoms with van der Waals surface area (Å²) in [6.45, 7) is 4.53. The van der Waals surface area contributed by atoms with Gasteiger partial charge in [0.05, 0.1) is 23.1 Å². The van der Waals surface area contributed by atoms with Crippen molar-refractivity contribution < 1.29 is 13.2 Å². The van der Waals surface area contributed by atoms with Crippen LogP contribution in [-0.4, -0.2) is 86.4 Å². The summed E-state index contributed by atoms with van der Waals surface area (Å²) in [4.78, 5) is 18.6. The topological polar surface area (TPSA) is 113 Å². The zero-order valence-corrected chi connectivity index (χ0v) is 24.8. The third-order valence-corrected chi connectivity index (χ3v) is 8.53. The lowest BCUT2D eigenvalue weighted by atomic mass is 9.91. The fraction of sp³-hybridized carbons (Fsp3) is 0.484. The van der Waals surface area contributed by atoms with E-state index in [-0.39, 0.29) is 6.04 Å². The lowest BCUT2D eigenvalue weighted by Gasteiger charge is -2.35. The maximum Gasteiger partial charge on any atom is 0.257 e. The monoisotopic (exact) mass is 608 g/mol. The molecule has 0 radical (unpaired) electrons. The Hall–Kier alpha value is -3.81. The average molecular weight is 609 g/mol. The number of nitrogens with zero attached hydrogens (tertiary/aromatic N) is 7. The molecule has 44 heavy (non-hydrogen) atoms. The molecule has 3 aliphatic rings. The Bertz CT molecular complexity index is 1470. The molecule has 1 saturated carbocycles. The molecule has 0 bridgehead atoms. The Morgan fingerprint density at radius 1 is 1.07 bits per heavy atom. The lowest BCUT2D eigenvalue weighted by Crippen LogP contribution is -2.50. The molecule has 1 saturated heterocycles. The summed E-state index contributed by atoms with van der Waals surface area (Å²) in [5.41, 5.74) is 10.3. The molecule has 4 N–H and O–H groups in total. The number of allylic oxidation sites excluding steroid dienone is 1. The van der Waals surface area contributed by atoms with E-state index in [9.17, 15) is 13.2 Å². The van der Waals surface area contributed by atoms with E-state index in [0.29, 0.717) is 42.8 Å². The molecule has 2 fully saturated rings. The minimum Gasteiger partial charge on any atom is -0.382 e. The minimum absolute atomic E-state index is 0.0946. The normalized spacial score (nSPS) is 25.0. The van der Waals surface area contributed by atoms with Crippen LogP contribution >= 0.6 is 0 Å². The van der Waals surface area contributed by atoms with Crippen molar-refractivity contribution in [3.63, 3.8) is 0 Å². The molecule has 10 nitrogen and oxygen atoms in total. The maximum atomic E-state index is 13.9. The number of piperazine rings is 1. The fourth-order valence-electron chi connectivity index (χ4n) is 5.90. The zero-order chi connectivity index (χ0) is 30.7. The van der Waals surface area contributed by atoms with E-state index in [4.69, 9.17) is 10.7 Å². The quantitative estimate of drug-likeness (QED) is 0.337. The number of halogens is 3. The standard InChI is InChI=1S/C31H39F3N10/c1-42-10-12-43(13-11-42)18-21-2-7-26(37-15-21)25-17-38-31(35,14-27(25)40-24-5-3-23(32)4-6-24)28-8-9-36-30(41-28)22-16-39-44(19-22)20-29(33)34/h2,7-9,14-17,19,23-24,29,38,40H,3-6,10-13,18,20,35H2,1H3. The summed E-state index contributed by atoms with van der Waals surface area (Å²) in [6.07, 6.45) is 9.37. The van der Waals surface area contributed by atoms with Crippen molar-refractivity contribution in [1.29, 1.82) is 0 Å². The second-order valence-electron chi connectivity index (χ2n) is 12.0. The first kappa shape index (κ1) is 30.2. The molecule has 1 unspecified atom stereocenters. The van der Waals surface area contributed by atoms with Crippen LogP contribution in [0, 0.1) is 0 Å².